The Bertz CT molecular complexity index is 621. The minimum atomic E-state index is -0.288. The van der Waals surface area contributed by atoms with Crippen LogP contribution in [-0.4, -0.2) is 47.9 Å². The number of likely N-dealkylation sites (tertiary alicyclic amines) is 1. The number of piperidine rings is 1. The van der Waals surface area contributed by atoms with Gasteiger partial charge in [-0.1, -0.05) is 23.8 Å². The van der Waals surface area contributed by atoms with Gasteiger partial charge in [-0.2, -0.15) is 0 Å². The Balaban J connectivity index is 1.52. The van der Waals surface area contributed by atoms with Crippen molar-refractivity contribution in [3.63, 3.8) is 0 Å². The Morgan fingerprint density at radius 2 is 2.08 bits per heavy atom. The predicted octanol–water partition coefficient (Wildman–Crippen LogP) is 2.76. The first kappa shape index (κ1) is 18.2. The van der Waals surface area contributed by atoms with Crippen molar-refractivity contribution in [1.29, 1.82) is 0 Å². The van der Waals surface area contributed by atoms with Gasteiger partial charge in [0.25, 0.3) is 0 Å². The van der Waals surface area contributed by atoms with E-state index >= 15 is 0 Å². The molecule has 0 aromatic heterocycles. The van der Waals surface area contributed by atoms with Crippen LogP contribution in [0.3, 0.4) is 0 Å². The zero-order chi connectivity index (χ0) is 18.0. The molecule has 2 N–H and O–H groups in total. The number of aliphatic hydroxyl groups is 1. The molecule has 1 saturated carbocycles. The fraction of sp³-hybridized carbons (Fsp3) is 0.650. The van der Waals surface area contributed by atoms with E-state index in [1.165, 1.54) is 11.1 Å². The number of amides is 2. The molecule has 2 atom stereocenters. The fourth-order valence-corrected chi connectivity index (χ4v) is 4.27. The highest BCUT2D eigenvalue weighted by atomic mass is 16.5. The molecular formula is C20H30N2O3. The molecule has 1 aromatic carbocycles. The lowest BCUT2D eigenvalue weighted by Crippen LogP contribution is -2.63. The van der Waals surface area contributed by atoms with E-state index in [0.717, 1.165) is 24.8 Å². The second-order valence-corrected chi connectivity index (χ2v) is 7.50. The number of hydrogen-bond acceptors (Lipinski definition) is 3. The van der Waals surface area contributed by atoms with Gasteiger partial charge in [-0.3, -0.25) is 0 Å². The van der Waals surface area contributed by atoms with Crippen molar-refractivity contribution in [2.24, 2.45) is 5.41 Å². The summed E-state index contributed by atoms with van der Waals surface area (Å²) in [7, 11) is 0. The zero-order valence-corrected chi connectivity index (χ0v) is 15.5. The number of benzene rings is 1. The van der Waals surface area contributed by atoms with Gasteiger partial charge in [0.1, 0.15) is 0 Å². The SMILES string of the molecule is CCO[C@@H]1C[C@@H](O)C12CCN(C(=O)NCc1ccc(C)cc1C)CC2. The van der Waals surface area contributed by atoms with Gasteiger partial charge in [-0.05, 0) is 44.7 Å². The minimum Gasteiger partial charge on any atom is -0.392 e. The number of ether oxygens (including phenoxy) is 1. The van der Waals surface area contributed by atoms with Crippen LogP contribution in [0.5, 0.6) is 0 Å². The van der Waals surface area contributed by atoms with E-state index in [0.29, 0.717) is 26.2 Å². The summed E-state index contributed by atoms with van der Waals surface area (Å²) in [5, 5.41) is 13.3. The summed E-state index contributed by atoms with van der Waals surface area (Å²) in [5.41, 5.74) is 3.45. The zero-order valence-electron chi connectivity index (χ0n) is 15.5. The highest BCUT2D eigenvalue weighted by Crippen LogP contribution is 2.50. The lowest BCUT2D eigenvalue weighted by molar-refractivity contribution is -0.207. The van der Waals surface area contributed by atoms with Crippen LogP contribution in [-0.2, 0) is 11.3 Å². The first-order chi connectivity index (χ1) is 12.0. The van der Waals surface area contributed by atoms with E-state index in [9.17, 15) is 9.90 Å². The second kappa shape index (κ2) is 7.34. The van der Waals surface area contributed by atoms with Gasteiger partial charge in [0.05, 0.1) is 12.2 Å². The molecule has 0 radical (unpaired) electrons. The van der Waals surface area contributed by atoms with Crippen LogP contribution in [0.25, 0.3) is 0 Å². The molecule has 1 aliphatic heterocycles. The Hall–Kier alpha value is -1.59. The Morgan fingerprint density at radius 3 is 2.68 bits per heavy atom. The number of nitrogens with zero attached hydrogens (tertiary/aromatic N) is 1. The van der Waals surface area contributed by atoms with E-state index in [4.69, 9.17) is 4.74 Å². The number of aryl methyl sites for hydroxylation is 2. The molecule has 1 spiro atoms. The van der Waals surface area contributed by atoms with Gasteiger partial charge in [0, 0.05) is 38.1 Å². The van der Waals surface area contributed by atoms with Crippen LogP contribution in [0, 0.1) is 19.3 Å². The summed E-state index contributed by atoms with van der Waals surface area (Å²) in [5.74, 6) is 0. The summed E-state index contributed by atoms with van der Waals surface area (Å²) < 4.78 is 5.79. The summed E-state index contributed by atoms with van der Waals surface area (Å²) >= 11 is 0. The van der Waals surface area contributed by atoms with Gasteiger partial charge in [0.15, 0.2) is 0 Å². The van der Waals surface area contributed by atoms with Crippen LogP contribution < -0.4 is 5.32 Å². The van der Waals surface area contributed by atoms with Gasteiger partial charge >= 0.3 is 6.03 Å². The molecule has 1 heterocycles. The third-order valence-corrected chi connectivity index (χ3v) is 6.02. The van der Waals surface area contributed by atoms with Crippen molar-refractivity contribution in [3.8, 4) is 0 Å². The maximum Gasteiger partial charge on any atom is 0.317 e. The van der Waals surface area contributed by atoms with Gasteiger partial charge in [-0.25, -0.2) is 4.79 Å². The molecule has 1 aromatic rings. The van der Waals surface area contributed by atoms with Crippen molar-refractivity contribution in [2.45, 2.75) is 58.8 Å². The molecular weight excluding hydrogens is 316 g/mol. The largest absolute Gasteiger partial charge is 0.392 e. The number of carbonyl (C=O) groups excluding carboxylic acids is 1. The molecule has 138 valence electrons. The van der Waals surface area contributed by atoms with E-state index in [1.807, 2.05) is 11.8 Å². The molecule has 1 saturated heterocycles. The van der Waals surface area contributed by atoms with Gasteiger partial charge in [-0.15, -0.1) is 0 Å². The van der Waals surface area contributed by atoms with Crippen LogP contribution >= 0.6 is 0 Å². The number of rotatable bonds is 4. The number of hydrogen-bond donors (Lipinski definition) is 2. The standard InChI is InChI=1S/C20H30N2O3/c1-4-25-18-12-17(23)20(18)7-9-22(10-8-20)19(24)21-13-16-6-5-14(2)11-15(16)3/h5-6,11,17-18,23H,4,7-10,12-13H2,1-3H3,(H,21,24)/t17-,18-/m1/s1. The fourth-order valence-electron chi connectivity index (χ4n) is 4.27. The van der Waals surface area contributed by atoms with Crippen LogP contribution in [0.15, 0.2) is 18.2 Å². The summed E-state index contributed by atoms with van der Waals surface area (Å²) in [4.78, 5) is 14.3. The first-order valence-electron chi connectivity index (χ1n) is 9.35. The van der Waals surface area contributed by atoms with E-state index in [-0.39, 0.29) is 23.7 Å². The van der Waals surface area contributed by atoms with Gasteiger partial charge < -0.3 is 20.1 Å². The van der Waals surface area contributed by atoms with Crippen LogP contribution in [0.4, 0.5) is 4.79 Å². The first-order valence-corrected chi connectivity index (χ1v) is 9.35. The number of aliphatic hydroxyl groups excluding tert-OH is 1. The molecule has 3 rings (SSSR count). The average Bonchev–Trinajstić information content (AvgIpc) is 2.61. The number of carbonyl (C=O) groups is 1. The maximum absolute atomic E-state index is 12.5. The van der Waals surface area contributed by atoms with Crippen molar-refractivity contribution in [2.75, 3.05) is 19.7 Å². The summed E-state index contributed by atoms with van der Waals surface area (Å²) in [6, 6.07) is 6.27. The van der Waals surface area contributed by atoms with Crippen molar-refractivity contribution in [3.05, 3.63) is 34.9 Å². The third-order valence-electron chi connectivity index (χ3n) is 6.02. The van der Waals surface area contributed by atoms with Crippen molar-refractivity contribution < 1.29 is 14.6 Å². The molecule has 2 fully saturated rings. The summed E-state index contributed by atoms with van der Waals surface area (Å²) in [6.07, 6.45) is 2.22. The van der Waals surface area contributed by atoms with Crippen LogP contribution in [0.1, 0.15) is 42.9 Å². The van der Waals surface area contributed by atoms with Crippen LogP contribution in [0.2, 0.25) is 0 Å². The molecule has 0 unspecified atom stereocenters. The highest BCUT2D eigenvalue weighted by Gasteiger charge is 2.56. The van der Waals surface area contributed by atoms with E-state index < -0.39 is 0 Å². The average molecular weight is 346 g/mol. The minimum absolute atomic E-state index is 0.0170. The number of nitrogens with one attached hydrogen (secondary N) is 1. The van der Waals surface area contributed by atoms with Gasteiger partial charge in [0.2, 0.25) is 0 Å². The quantitative estimate of drug-likeness (QED) is 0.881. The lowest BCUT2D eigenvalue weighted by atomic mass is 9.58. The van der Waals surface area contributed by atoms with Crippen molar-refractivity contribution >= 4 is 6.03 Å². The third kappa shape index (κ3) is 3.53. The topological polar surface area (TPSA) is 61.8 Å². The molecule has 5 nitrogen and oxygen atoms in total. The normalized spacial score (nSPS) is 24.9. The summed E-state index contributed by atoms with van der Waals surface area (Å²) in [6.45, 7) is 8.73. The second-order valence-electron chi connectivity index (χ2n) is 7.50. The molecule has 25 heavy (non-hydrogen) atoms. The monoisotopic (exact) mass is 346 g/mol. The molecule has 2 amide bonds. The smallest absolute Gasteiger partial charge is 0.317 e. The molecule has 2 aliphatic rings. The number of urea groups is 1. The highest BCUT2D eigenvalue weighted by molar-refractivity contribution is 5.74. The predicted molar refractivity (Wildman–Crippen MR) is 97.4 cm³/mol. The lowest BCUT2D eigenvalue weighted by Gasteiger charge is -2.56. The Morgan fingerprint density at radius 1 is 1.36 bits per heavy atom. The van der Waals surface area contributed by atoms with Crippen molar-refractivity contribution in [1.82, 2.24) is 10.2 Å². The Labute approximate surface area is 150 Å². The maximum atomic E-state index is 12.5. The molecule has 1 aliphatic carbocycles. The molecule has 5 heteroatoms. The van der Waals surface area contributed by atoms with E-state index in [1.54, 1.807) is 0 Å². The molecule has 0 bridgehead atoms. The Kier molecular flexibility index (Phi) is 5.35. The van der Waals surface area contributed by atoms with E-state index in [2.05, 4.69) is 37.4 Å².